The molecular weight excluding hydrogens is 327 g/mol. The van der Waals surface area contributed by atoms with Gasteiger partial charge in [0.05, 0.1) is 5.69 Å². The molecule has 0 aromatic heterocycles. The summed E-state index contributed by atoms with van der Waals surface area (Å²) in [6.45, 7) is 6.21. The second-order valence-electron chi connectivity index (χ2n) is 5.37. The van der Waals surface area contributed by atoms with E-state index >= 15 is 0 Å². The summed E-state index contributed by atoms with van der Waals surface area (Å²) in [6, 6.07) is 11.1. The molecule has 0 heterocycles. The molecular formula is C18H21FN2O2S. The molecule has 0 spiro atoms. The molecule has 6 heteroatoms. The van der Waals surface area contributed by atoms with Crippen molar-refractivity contribution < 1.29 is 12.8 Å². The number of halogens is 1. The van der Waals surface area contributed by atoms with E-state index in [0.717, 1.165) is 5.56 Å². The Labute approximate surface area is 142 Å². The predicted octanol–water partition coefficient (Wildman–Crippen LogP) is 3.92. The Morgan fingerprint density at radius 2 is 1.83 bits per heavy atom. The van der Waals surface area contributed by atoms with Crippen molar-refractivity contribution in [2.75, 3.05) is 13.1 Å². The van der Waals surface area contributed by atoms with E-state index in [2.05, 4.69) is 4.99 Å². The number of aliphatic imine (C=N–C) groups is 1. The first-order valence-corrected chi connectivity index (χ1v) is 9.23. The molecule has 2 rings (SSSR count). The molecule has 128 valence electrons. The van der Waals surface area contributed by atoms with Crippen LogP contribution < -0.4 is 0 Å². The van der Waals surface area contributed by atoms with Gasteiger partial charge in [-0.1, -0.05) is 32.0 Å². The lowest BCUT2D eigenvalue weighted by molar-refractivity contribution is 0.445. The third-order valence-electron chi connectivity index (χ3n) is 3.64. The molecule has 0 unspecified atom stereocenters. The van der Waals surface area contributed by atoms with Crippen LogP contribution in [-0.4, -0.2) is 32.0 Å². The summed E-state index contributed by atoms with van der Waals surface area (Å²) in [5.74, 6) is -0.362. The first-order valence-electron chi connectivity index (χ1n) is 7.79. The normalized spacial score (nSPS) is 12.2. The first-order chi connectivity index (χ1) is 11.4. The summed E-state index contributed by atoms with van der Waals surface area (Å²) in [5.41, 5.74) is 1.75. The quantitative estimate of drug-likeness (QED) is 0.743. The molecule has 0 saturated carbocycles. The minimum absolute atomic E-state index is 0.166. The highest BCUT2D eigenvalue weighted by molar-refractivity contribution is 7.89. The first kappa shape index (κ1) is 18.3. The molecule has 0 aliphatic heterocycles. The maximum absolute atomic E-state index is 13.2. The average molecular weight is 348 g/mol. The smallest absolute Gasteiger partial charge is 0.245 e. The van der Waals surface area contributed by atoms with Crippen LogP contribution in [0.25, 0.3) is 0 Å². The zero-order valence-corrected chi connectivity index (χ0v) is 14.8. The molecule has 0 bridgehead atoms. The van der Waals surface area contributed by atoms with Gasteiger partial charge in [-0.05, 0) is 42.3 Å². The standard InChI is InChI=1S/C18H21FN2O2S/c1-4-21(5-2)24(22,23)18-11-14(3)9-10-17(18)20-13-15-7-6-8-16(19)12-15/h6-13H,4-5H2,1-3H3. The summed E-state index contributed by atoms with van der Waals surface area (Å²) < 4.78 is 40.3. The van der Waals surface area contributed by atoms with E-state index in [1.807, 2.05) is 6.92 Å². The van der Waals surface area contributed by atoms with Gasteiger partial charge in [-0.25, -0.2) is 12.8 Å². The van der Waals surface area contributed by atoms with Gasteiger partial charge >= 0.3 is 0 Å². The fourth-order valence-electron chi connectivity index (χ4n) is 2.37. The van der Waals surface area contributed by atoms with Gasteiger partial charge < -0.3 is 0 Å². The van der Waals surface area contributed by atoms with E-state index in [1.165, 1.54) is 22.7 Å². The SMILES string of the molecule is CCN(CC)S(=O)(=O)c1cc(C)ccc1N=Cc1cccc(F)c1. The third-order valence-corrected chi connectivity index (χ3v) is 5.72. The van der Waals surface area contributed by atoms with Gasteiger partial charge in [-0.3, -0.25) is 4.99 Å². The van der Waals surface area contributed by atoms with Crippen LogP contribution in [0.1, 0.15) is 25.0 Å². The van der Waals surface area contributed by atoms with Crippen LogP contribution in [0.5, 0.6) is 0 Å². The molecule has 0 aliphatic rings. The highest BCUT2D eigenvalue weighted by Gasteiger charge is 2.24. The van der Waals surface area contributed by atoms with E-state index in [4.69, 9.17) is 0 Å². The Kier molecular flexibility index (Phi) is 5.85. The molecule has 0 atom stereocenters. The summed E-state index contributed by atoms with van der Waals surface area (Å²) in [4.78, 5) is 4.44. The van der Waals surface area contributed by atoms with E-state index in [0.29, 0.717) is 24.3 Å². The molecule has 0 saturated heterocycles. The van der Waals surface area contributed by atoms with Crippen LogP contribution >= 0.6 is 0 Å². The van der Waals surface area contributed by atoms with Gasteiger partial charge in [0, 0.05) is 19.3 Å². The Hall–Kier alpha value is -2.05. The Bertz CT molecular complexity index is 844. The van der Waals surface area contributed by atoms with Gasteiger partial charge in [-0.15, -0.1) is 0 Å². The predicted molar refractivity (Wildman–Crippen MR) is 94.9 cm³/mol. The van der Waals surface area contributed by atoms with E-state index in [9.17, 15) is 12.8 Å². The maximum atomic E-state index is 13.2. The largest absolute Gasteiger partial charge is 0.255 e. The van der Waals surface area contributed by atoms with Gasteiger partial charge in [0.15, 0.2) is 0 Å². The number of nitrogens with zero attached hydrogens (tertiary/aromatic N) is 2. The van der Waals surface area contributed by atoms with Crippen LogP contribution in [0, 0.1) is 12.7 Å². The number of rotatable bonds is 6. The minimum atomic E-state index is -3.62. The summed E-state index contributed by atoms with van der Waals surface area (Å²) >= 11 is 0. The highest BCUT2D eigenvalue weighted by atomic mass is 32.2. The molecule has 0 aliphatic carbocycles. The van der Waals surface area contributed by atoms with E-state index in [1.54, 1.807) is 44.2 Å². The molecule has 0 amide bonds. The zero-order valence-electron chi connectivity index (χ0n) is 14.0. The lowest BCUT2D eigenvalue weighted by Gasteiger charge is -2.19. The third kappa shape index (κ3) is 4.07. The van der Waals surface area contributed by atoms with Crippen molar-refractivity contribution in [1.82, 2.24) is 4.31 Å². The maximum Gasteiger partial charge on any atom is 0.245 e. The van der Waals surface area contributed by atoms with Crippen molar-refractivity contribution in [3.8, 4) is 0 Å². The fourth-order valence-corrected chi connectivity index (χ4v) is 4.05. The zero-order chi connectivity index (χ0) is 17.7. The number of sulfonamides is 1. The number of hydrogen-bond donors (Lipinski definition) is 0. The summed E-state index contributed by atoms with van der Waals surface area (Å²) in [7, 11) is -3.62. The van der Waals surface area contributed by atoms with Crippen molar-refractivity contribution in [3.05, 3.63) is 59.4 Å². The highest BCUT2D eigenvalue weighted by Crippen LogP contribution is 2.28. The van der Waals surface area contributed by atoms with Gasteiger partial charge in [0.1, 0.15) is 10.7 Å². The van der Waals surface area contributed by atoms with Crippen LogP contribution in [0.3, 0.4) is 0 Å². The van der Waals surface area contributed by atoms with Gasteiger partial charge in [-0.2, -0.15) is 4.31 Å². The number of aryl methyl sites for hydroxylation is 1. The van der Waals surface area contributed by atoms with Crippen LogP contribution in [-0.2, 0) is 10.0 Å². The van der Waals surface area contributed by atoms with E-state index in [-0.39, 0.29) is 10.7 Å². The molecule has 0 fully saturated rings. The van der Waals surface area contributed by atoms with Crippen LogP contribution in [0.4, 0.5) is 10.1 Å². The van der Waals surface area contributed by atoms with Crippen LogP contribution in [0.2, 0.25) is 0 Å². The van der Waals surface area contributed by atoms with Crippen molar-refractivity contribution in [2.24, 2.45) is 4.99 Å². The number of benzene rings is 2. The second-order valence-corrected chi connectivity index (χ2v) is 7.28. The number of hydrogen-bond acceptors (Lipinski definition) is 3. The van der Waals surface area contributed by atoms with E-state index < -0.39 is 10.0 Å². The van der Waals surface area contributed by atoms with Crippen molar-refractivity contribution in [3.63, 3.8) is 0 Å². The summed E-state index contributed by atoms with van der Waals surface area (Å²) in [6.07, 6.45) is 1.47. The second kappa shape index (κ2) is 7.68. The van der Waals surface area contributed by atoms with Gasteiger partial charge in [0.25, 0.3) is 0 Å². The molecule has 24 heavy (non-hydrogen) atoms. The lowest BCUT2D eigenvalue weighted by Crippen LogP contribution is -2.30. The lowest BCUT2D eigenvalue weighted by atomic mass is 10.2. The van der Waals surface area contributed by atoms with Crippen molar-refractivity contribution in [1.29, 1.82) is 0 Å². The molecule has 0 N–H and O–H groups in total. The fraction of sp³-hybridized carbons (Fsp3) is 0.278. The Morgan fingerprint density at radius 1 is 1.12 bits per heavy atom. The average Bonchev–Trinajstić information content (AvgIpc) is 2.54. The van der Waals surface area contributed by atoms with Gasteiger partial charge in [0.2, 0.25) is 10.0 Å². The molecule has 4 nitrogen and oxygen atoms in total. The topological polar surface area (TPSA) is 49.7 Å². The molecule has 0 radical (unpaired) electrons. The van der Waals surface area contributed by atoms with Crippen molar-refractivity contribution in [2.45, 2.75) is 25.7 Å². The minimum Gasteiger partial charge on any atom is -0.255 e. The monoisotopic (exact) mass is 348 g/mol. The molecule has 2 aromatic rings. The molecule has 2 aromatic carbocycles. The Balaban J connectivity index is 2.49. The van der Waals surface area contributed by atoms with Crippen LogP contribution in [0.15, 0.2) is 52.4 Å². The summed E-state index contributed by atoms with van der Waals surface area (Å²) in [5, 5.41) is 0. The van der Waals surface area contributed by atoms with Crippen molar-refractivity contribution >= 4 is 21.9 Å². The Morgan fingerprint density at radius 3 is 2.46 bits per heavy atom.